The average Bonchev–Trinajstić information content (AvgIpc) is 3.98. The maximum atomic E-state index is 5.78. The summed E-state index contributed by atoms with van der Waals surface area (Å²) in [6.45, 7) is 17.0. The fourth-order valence-corrected chi connectivity index (χ4v) is 11.2. The van der Waals surface area contributed by atoms with Crippen molar-refractivity contribution in [2.75, 3.05) is 56.9 Å². The molecule has 70 heavy (non-hydrogen) atoms. The minimum atomic E-state index is -0.521. The minimum absolute atomic E-state index is 0.107. The fraction of sp³-hybridized carbons (Fsp3) is 0.704. The van der Waals surface area contributed by atoms with E-state index in [9.17, 15) is 0 Å². The second kappa shape index (κ2) is 21.2. The molecular weight excluding hydrogens is 889 g/mol. The molecule has 0 saturated heterocycles. The standard InChI is InChI=1S/2C27H40N4O4/c2*1-16(2)20-22(32-5)30-26(24(28-20)34-7)12-9-18(10-13-26)19-11-14-27(15-19)25(35-8)29-21(17(3)4)23(31-27)33-6/h2*9,11,16-17,20-21H,10,12-15H2,1-8H3/t2*20-,21-,26-,27-/m11/s1. The summed E-state index contributed by atoms with van der Waals surface area (Å²) in [7, 11) is 13.5. The Morgan fingerprint density at radius 1 is 0.357 bits per heavy atom. The first-order valence-electron chi connectivity index (χ1n) is 25.3. The Hall–Kier alpha value is -5.28. The second-order valence-electron chi connectivity index (χ2n) is 21.1. The van der Waals surface area contributed by atoms with Crippen molar-refractivity contribution in [1.82, 2.24) is 0 Å². The molecule has 0 saturated carbocycles. The molecular formula is C54H80N8O8. The first-order chi connectivity index (χ1) is 33.4. The van der Waals surface area contributed by atoms with Crippen LogP contribution in [-0.4, -0.2) is 150 Å². The topological polar surface area (TPSA) is 173 Å². The van der Waals surface area contributed by atoms with E-state index in [-0.39, 0.29) is 47.8 Å². The monoisotopic (exact) mass is 969 g/mol. The van der Waals surface area contributed by atoms with Crippen LogP contribution in [-0.2, 0) is 37.9 Å². The van der Waals surface area contributed by atoms with Gasteiger partial charge in [0.25, 0.3) is 0 Å². The number of hydrogen-bond acceptors (Lipinski definition) is 16. The lowest BCUT2D eigenvalue weighted by atomic mass is 9.78. The largest absolute Gasteiger partial charge is 0.483 e. The number of aliphatic imine (C=N–C) groups is 8. The van der Waals surface area contributed by atoms with Gasteiger partial charge in [0.1, 0.15) is 46.3 Å². The van der Waals surface area contributed by atoms with Crippen LogP contribution < -0.4 is 0 Å². The maximum absolute atomic E-state index is 5.78. The third kappa shape index (κ3) is 9.73. The Morgan fingerprint density at radius 2 is 0.600 bits per heavy atom. The van der Waals surface area contributed by atoms with Gasteiger partial charge in [-0.15, -0.1) is 0 Å². The van der Waals surface area contributed by atoms with E-state index in [0.717, 1.165) is 64.2 Å². The van der Waals surface area contributed by atoms with Gasteiger partial charge in [-0.25, -0.2) is 39.9 Å². The van der Waals surface area contributed by atoms with Gasteiger partial charge in [0.15, 0.2) is 0 Å². The molecule has 16 nitrogen and oxygen atoms in total. The van der Waals surface area contributed by atoms with Crippen molar-refractivity contribution in [3.05, 3.63) is 46.6 Å². The molecule has 4 spiro atoms. The van der Waals surface area contributed by atoms with Gasteiger partial charge in [-0.05, 0) is 71.6 Å². The van der Waals surface area contributed by atoms with Crippen molar-refractivity contribution in [2.45, 2.75) is 166 Å². The molecule has 384 valence electrons. The number of methoxy groups -OCH3 is 8. The molecule has 0 unspecified atom stereocenters. The molecule has 0 aromatic heterocycles. The van der Waals surface area contributed by atoms with Crippen LogP contribution in [0.3, 0.4) is 0 Å². The van der Waals surface area contributed by atoms with E-state index in [1.807, 2.05) is 0 Å². The van der Waals surface area contributed by atoms with Crippen LogP contribution in [0.15, 0.2) is 86.5 Å². The van der Waals surface area contributed by atoms with Crippen LogP contribution in [0.25, 0.3) is 0 Å². The zero-order valence-corrected chi connectivity index (χ0v) is 44.8. The van der Waals surface area contributed by atoms with Gasteiger partial charge in [-0.3, -0.25) is 0 Å². The Morgan fingerprint density at radius 3 is 0.829 bits per heavy atom. The molecule has 0 aromatic carbocycles. The number of hydrogen-bond donors (Lipinski definition) is 0. The molecule has 0 bridgehead atoms. The summed E-state index contributed by atoms with van der Waals surface area (Å²) < 4.78 is 45.8. The zero-order valence-electron chi connectivity index (χ0n) is 44.8. The molecule has 4 aliphatic carbocycles. The predicted molar refractivity (Wildman–Crippen MR) is 279 cm³/mol. The fourth-order valence-electron chi connectivity index (χ4n) is 11.2. The number of allylic oxidation sites excluding steroid dienone is 2. The molecule has 0 radical (unpaired) electrons. The lowest BCUT2D eigenvalue weighted by Crippen LogP contribution is -2.47. The molecule has 8 rings (SSSR count). The van der Waals surface area contributed by atoms with Gasteiger partial charge >= 0.3 is 0 Å². The summed E-state index contributed by atoms with van der Waals surface area (Å²) >= 11 is 0. The molecule has 16 heteroatoms. The van der Waals surface area contributed by atoms with E-state index in [4.69, 9.17) is 77.8 Å². The third-order valence-corrected chi connectivity index (χ3v) is 15.2. The van der Waals surface area contributed by atoms with E-state index in [1.165, 1.54) is 22.3 Å². The lowest BCUT2D eigenvalue weighted by molar-refractivity contribution is 0.294. The molecule has 8 atom stereocenters. The van der Waals surface area contributed by atoms with Crippen LogP contribution in [0, 0.1) is 23.7 Å². The van der Waals surface area contributed by atoms with E-state index < -0.39 is 22.2 Å². The Bertz CT molecular complexity index is 2210. The van der Waals surface area contributed by atoms with Crippen molar-refractivity contribution in [1.29, 1.82) is 0 Å². The van der Waals surface area contributed by atoms with Gasteiger partial charge < -0.3 is 37.9 Å². The molecule has 0 amide bonds. The highest BCUT2D eigenvalue weighted by Gasteiger charge is 2.51. The van der Waals surface area contributed by atoms with Gasteiger partial charge in [-0.1, -0.05) is 79.7 Å². The zero-order chi connectivity index (χ0) is 50.8. The van der Waals surface area contributed by atoms with Crippen molar-refractivity contribution in [3.63, 3.8) is 0 Å². The summed E-state index contributed by atoms with van der Waals surface area (Å²) in [5.74, 6) is 6.71. The van der Waals surface area contributed by atoms with Crippen molar-refractivity contribution < 1.29 is 37.9 Å². The van der Waals surface area contributed by atoms with Gasteiger partial charge in [-0.2, -0.15) is 0 Å². The first kappa shape index (κ1) is 52.5. The summed E-state index contributed by atoms with van der Waals surface area (Å²) in [6.07, 6.45) is 17.0. The highest BCUT2D eigenvalue weighted by atomic mass is 16.5. The first-order valence-corrected chi connectivity index (χ1v) is 25.3. The summed E-state index contributed by atoms with van der Waals surface area (Å²) in [4.78, 5) is 39.9. The van der Waals surface area contributed by atoms with Crippen LogP contribution in [0.1, 0.15) is 120 Å². The summed E-state index contributed by atoms with van der Waals surface area (Å²) in [5.41, 5.74) is 3.23. The SMILES string of the molecule is COC1=N[C@@]2(CC=C(C3=CC[C@]4(C3)N=C(OC)[C@@H](C(C)C)N=C4OC)CC2)C(OC)=N[C@@H]1C(C)C.COC1=N[C@@]2(CC=C(C3=CC[C@]4(C3)N=C(OC)[C@@H](C(C)C)N=C4OC)CC2)C(OC)=N[C@@H]1C(C)C. The van der Waals surface area contributed by atoms with Crippen molar-refractivity contribution >= 4 is 47.2 Å². The van der Waals surface area contributed by atoms with Gasteiger partial charge in [0.2, 0.25) is 47.2 Å². The molecule has 0 N–H and O–H groups in total. The molecule has 4 heterocycles. The molecule has 0 aromatic rings. The minimum Gasteiger partial charge on any atom is -0.483 e. The summed E-state index contributed by atoms with van der Waals surface area (Å²) in [5, 5.41) is 0. The molecule has 4 aliphatic heterocycles. The third-order valence-electron chi connectivity index (χ3n) is 15.2. The summed E-state index contributed by atoms with van der Waals surface area (Å²) in [6, 6.07) is -0.439. The average molecular weight is 969 g/mol. The van der Waals surface area contributed by atoms with Crippen LogP contribution >= 0.6 is 0 Å². The Balaban J connectivity index is 0.000000206. The van der Waals surface area contributed by atoms with E-state index >= 15 is 0 Å². The molecule has 8 aliphatic rings. The Kier molecular flexibility index (Phi) is 15.9. The highest BCUT2D eigenvalue weighted by Crippen LogP contribution is 2.47. The number of rotatable bonds is 6. The smallest absolute Gasteiger partial charge is 0.213 e. The number of nitrogens with zero attached hydrogens (tertiary/aromatic N) is 8. The quantitative estimate of drug-likeness (QED) is 0.254. The van der Waals surface area contributed by atoms with Crippen LogP contribution in [0.5, 0.6) is 0 Å². The van der Waals surface area contributed by atoms with Gasteiger partial charge in [0, 0.05) is 38.5 Å². The Labute approximate surface area is 416 Å². The maximum Gasteiger partial charge on any atom is 0.213 e. The normalized spacial score (nSPS) is 32.6. The van der Waals surface area contributed by atoms with Crippen molar-refractivity contribution in [2.24, 2.45) is 63.6 Å². The lowest BCUT2D eigenvalue weighted by Gasteiger charge is -2.38. The van der Waals surface area contributed by atoms with Crippen LogP contribution in [0.4, 0.5) is 0 Å². The highest BCUT2D eigenvalue weighted by molar-refractivity contribution is 6.00. The van der Waals surface area contributed by atoms with Gasteiger partial charge in [0.05, 0.1) is 56.9 Å². The van der Waals surface area contributed by atoms with E-state index in [0.29, 0.717) is 47.2 Å². The predicted octanol–water partition coefficient (Wildman–Crippen LogP) is 9.10. The second-order valence-corrected chi connectivity index (χ2v) is 21.1. The van der Waals surface area contributed by atoms with E-state index in [2.05, 4.69) is 79.7 Å². The van der Waals surface area contributed by atoms with Crippen LogP contribution in [0.2, 0.25) is 0 Å². The number of ether oxygens (including phenoxy) is 8. The van der Waals surface area contributed by atoms with E-state index in [1.54, 1.807) is 56.9 Å². The van der Waals surface area contributed by atoms with Crippen molar-refractivity contribution in [3.8, 4) is 0 Å². The molecule has 0 fully saturated rings.